The molecule has 1 aromatic carbocycles. The average molecular weight is 332 g/mol. The lowest BCUT2D eigenvalue weighted by molar-refractivity contribution is -0.132. The first-order valence-corrected chi connectivity index (χ1v) is 8.35. The quantitative estimate of drug-likeness (QED) is 0.805. The minimum absolute atomic E-state index is 0.235. The van der Waals surface area contributed by atoms with Crippen molar-refractivity contribution < 1.29 is 14.3 Å². The van der Waals surface area contributed by atoms with Gasteiger partial charge in [-0.15, -0.1) is 0 Å². The number of carbonyl (C=O) groups is 2. The summed E-state index contributed by atoms with van der Waals surface area (Å²) in [7, 11) is 0. The monoisotopic (exact) mass is 332 g/mol. The smallest absolute Gasteiger partial charge is 0.309 e. The van der Waals surface area contributed by atoms with Crippen molar-refractivity contribution in [2.45, 2.75) is 40.5 Å². The Morgan fingerprint density at radius 1 is 1.13 bits per heavy atom. The van der Waals surface area contributed by atoms with Crippen molar-refractivity contribution in [1.82, 2.24) is 4.57 Å². The van der Waals surface area contributed by atoms with E-state index < -0.39 is 5.97 Å². The van der Waals surface area contributed by atoms with Crippen LogP contribution in [0.1, 0.15) is 42.9 Å². The molecule has 2 rings (SSSR count). The van der Waals surface area contributed by atoms with E-state index in [-0.39, 0.29) is 11.8 Å². The number of thiazole rings is 1. The lowest BCUT2D eigenvalue weighted by atomic mass is 10.2. The van der Waals surface area contributed by atoms with Gasteiger partial charge in [-0.1, -0.05) is 37.3 Å². The molecule has 0 N–H and O–H groups in total. The molecule has 122 valence electrons. The summed E-state index contributed by atoms with van der Waals surface area (Å²) < 4.78 is 6.60. The summed E-state index contributed by atoms with van der Waals surface area (Å²) in [6.07, 6.45) is 1.62. The summed E-state index contributed by atoms with van der Waals surface area (Å²) in [4.78, 5) is 29.2. The molecule has 2 aromatic rings. The van der Waals surface area contributed by atoms with E-state index in [0.29, 0.717) is 11.2 Å². The number of nitrogens with zero attached hydrogens (tertiary/aromatic N) is 2. The first-order valence-electron chi connectivity index (χ1n) is 7.54. The minimum atomic E-state index is -0.452. The van der Waals surface area contributed by atoms with Crippen molar-refractivity contribution in [2.24, 2.45) is 4.99 Å². The maximum absolute atomic E-state index is 12.0. The Hall–Kier alpha value is -2.21. The molecule has 0 aliphatic heterocycles. The van der Waals surface area contributed by atoms with Crippen LogP contribution in [-0.2, 0) is 17.6 Å². The lowest BCUT2D eigenvalue weighted by Crippen LogP contribution is -2.22. The molecule has 0 unspecified atom stereocenters. The molecule has 0 atom stereocenters. The number of aryl methyl sites for hydroxylation is 2. The summed E-state index contributed by atoms with van der Waals surface area (Å²) in [5.41, 5.74) is 1.99. The van der Waals surface area contributed by atoms with Crippen LogP contribution in [0.25, 0.3) is 0 Å². The average Bonchev–Trinajstić information content (AvgIpc) is 2.84. The van der Waals surface area contributed by atoms with Gasteiger partial charge < -0.3 is 4.74 Å². The molecule has 0 fully saturated rings. The van der Waals surface area contributed by atoms with Gasteiger partial charge in [0.1, 0.15) is 0 Å². The molecule has 5 nitrogen and oxygen atoms in total. The van der Waals surface area contributed by atoms with E-state index in [0.717, 1.165) is 17.0 Å². The summed E-state index contributed by atoms with van der Waals surface area (Å²) >= 11 is 1.36. The molecule has 0 radical (unpaired) electrons. The highest BCUT2D eigenvalue weighted by atomic mass is 32.1. The van der Waals surface area contributed by atoms with Crippen LogP contribution in [0, 0.1) is 0 Å². The fourth-order valence-electron chi connectivity index (χ4n) is 2.14. The molecule has 0 saturated heterocycles. The van der Waals surface area contributed by atoms with Crippen LogP contribution >= 0.6 is 11.3 Å². The fraction of sp³-hybridized carbons (Fsp3) is 0.353. The second kappa shape index (κ2) is 7.37. The van der Waals surface area contributed by atoms with Crippen LogP contribution in [0.15, 0.2) is 29.3 Å². The van der Waals surface area contributed by atoms with E-state index in [1.165, 1.54) is 35.3 Å². The molecule has 1 heterocycles. The molecular weight excluding hydrogens is 312 g/mol. The second-order valence-corrected chi connectivity index (χ2v) is 6.11. The fourth-order valence-corrected chi connectivity index (χ4v) is 3.18. The third-order valence-corrected chi connectivity index (χ3v) is 4.46. The Morgan fingerprint density at radius 3 is 2.26 bits per heavy atom. The molecule has 0 spiro atoms. The second-order valence-electron chi connectivity index (χ2n) is 5.05. The van der Waals surface area contributed by atoms with Gasteiger partial charge in [0.25, 0.3) is 0 Å². The molecule has 0 saturated carbocycles. The van der Waals surface area contributed by atoms with Crippen molar-refractivity contribution >= 4 is 28.9 Å². The van der Waals surface area contributed by atoms with E-state index in [1.807, 2.05) is 31.2 Å². The highest BCUT2D eigenvalue weighted by Crippen LogP contribution is 2.23. The van der Waals surface area contributed by atoms with Gasteiger partial charge in [-0.2, -0.15) is 0 Å². The molecule has 0 amide bonds. The summed E-state index contributed by atoms with van der Waals surface area (Å²) in [5.74, 6) is -0.408. The predicted octanol–water partition coefficient (Wildman–Crippen LogP) is 3.49. The third kappa shape index (κ3) is 3.96. The van der Waals surface area contributed by atoms with Crippen LogP contribution in [0.5, 0.6) is 5.88 Å². The van der Waals surface area contributed by atoms with Gasteiger partial charge in [0, 0.05) is 13.8 Å². The van der Waals surface area contributed by atoms with E-state index in [4.69, 9.17) is 4.74 Å². The molecule has 1 aromatic heterocycles. The van der Waals surface area contributed by atoms with Crippen molar-refractivity contribution in [2.75, 3.05) is 0 Å². The Bertz CT molecular complexity index is 785. The third-order valence-electron chi connectivity index (χ3n) is 3.29. The topological polar surface area (TPSA) is 60.7 Å². The number of benzene rings is 1. The van der Waals surface area contributed by atoms with Crippen molar-refractivity contribution in [3.63, 3.8) is 0 Å². The van der Waals surface area contributed by atoms with Crippen molar-refractivity contribution in [3.05, 3.63) is 39.5 Å². The molecule has 0 bridgehead atoms. The van der Waals surface area contributed by atoms with Crippen molar-refractivity contribution in [3.8, 4) is 5.88 Å². The summed E-state index contributed by atoms with van der Waals surface area (Å²) in [6.45, 7) is 6.79. The van der Waals surface area contributed by atoms with Gasteiger partial charge >= 0.3 is 5.97 Å². The Morgan fingerprint density at radius 2 is 1.78 bits per heavy atom. The predicted molar refractivity (Wildman–Crippen MR) is 90.3 cm³/mol. The number of esters is 1. The van der Waals surface area contributed by atoms with Crippen LogP contribution in [0.3, 0.4) is 0 Å². The Balaban J connectivity index is 2.60. The first kappa shape index (κ1) is 17.1. The van der Waals surface area contributed by atoms with E-state index in [2.05, 4.69) is 11.9 Å². The van der Waals surface area contributed by atoms with Crippen LogP contribution in [0.4, 0.5) is 5.69 Å². The number of rotatable bonds is 4. The first-order chi connectivity index (χ1) is 11.0. The largest absolute Gasteiger partial charge is 0.408 e. The van der Waals surface area contributed by atoms with E-state index >= 15 is 0 Å². The molecule has 0 aliphatic rings. The summed E-state index contributed by atoms with van der Waals surface area (Å²) in [6, 6.07) is 7.86. The molecular formula is C17H20N2O3S. The molecule has 0 aliphatic carbocycles. The Kier molecular flexibility index (Phi) is 5.50. The number of hydrogen-bond acceptors (Lipinski definition) is 5. The maximum Gasteiger partial charge on any atom is 0.309 e. The lowest BCUT2D eigenvalue weighted by Gasteiger charge is -2.05. The highest BCUT2D eigenvalue weighted by molar-refractivity contribution is 7.09. The zero-order valence-corrected chi connectivity index (χ0v) is 14.6. The van der Waals surface area contributed by atoms with Gasteiger partial charge in [-0.3, -0.25) is 9.59 Å². The molecule has 6 heteroatoms. The highest BCUT2D eigenvalue weighted by Gasteiger charge is 2.18. The molecule has 23 heavy (non-hydrogen) atoms. The van der Waals surface area contributed by atoms with Crippen LogP contribution in [-0.4, -0.2) is 16.4 Å². The van der Waals surface area contributed by atoms with E-state index in [9.17, 15) is 9.59 Å². The number of carbonyl (C=O) groups excluding carboxylic acids is 2. The normalized spacial score (nSPS) is 11.6. The summed E-state index contributed by atoms with van der Waals surface area (Å²) in [5, 5.41) is 0. The van der Waals surface area contributed by atoms with Gasteiger partial charge in [-0.05, 0) is 30.5 Å². The van der Waals surface area contributed by atoms with Gasteiger partial charge in [0.05, 0.1) is 10.6 Å². The van der Waals surface area contributed by atoms with Crippen LogP contribution in [0.2, 0.25) is 0 Å². The number of aromatic nitrogens is 1. The SMILES string of the molecule is CCc1ccc(N=c2sc(CC)c(OC(C)=O)n2C(C)=O)cc1. The van der Waals surface area contributed by atoms with Gasteiger partial charge in [0.2, 0.25) is 11.8 Å². The zero-order valence-electron chi connectivity index (χ0n) is 13.8. The minimum Gasteiger partial charge on any atom is -0.408 e. The number of ether oxygens (including phenoxy) is 1. The van der Waals surface area contributed by atoms with E-state index in [1.54, 1.807) is 0 Å². The van der Waals surface area contributed by atoms with Crippen molar-refractivity contribution in [1.29, 1.82) is 0 Å². The van der Waals surface area contributed by atoms with Gasteiger partial charge in [0.15, 0.2) is 4.80 Å². The maximum atomic E-state index is 12.0. The van der Waals surface area contributed by atoms with Crippen LogP contribution < -0.4 is 9.54 Å². The standard InChI is InChI=1S/C17H20N2O3S/c1-5-13-7-9-14(10-8-13)18-17-19(11(3)20)16(22-12(4)21)15(6-2)23-17/h7-10H,5-6H2,1-4H3. The van der Waals surface area contributed by atoms with Gasteiger partial charge in [-0.25, -0.2) is 9.56 Å². The zero-order chi connectivity index (χ0) is 17.0. The number of hydrogen-bond donors (Lipinski definition) is 0. The Labute approximate surface area is 139 Å².